The minimum Gasteiger partial charge on any atom is -0.379 e. The van der Waals surface area contributed by atoms with E-state index in [2.05, 4.69) is 11.1 Å². The molecule has 0 unspecified atom stereocenters. The molecule has 0 saturated heterocycles. The zero-order valence-electron chi connectivity index (χ0n) is 21.2. The van der Waals surface area contributed by atoms with E-state index in [0.29, 0.717) is 36.4 Å². The van der Waals surface area contributed by atoms with Gasteiger partial charge in [0.1, 0.15) is 17.4 Å². The van der Waals surface area contributed by atoms with Crippen LogP contribution in [0.25, 0.3) is 16.7 Å². The van der Waals surface area contributed by atoms with E-state index >= 15 is 0 Å². The second-order valence-electron chi connectivity index (χ2n) is 9.17. The van der Waals surface area contributed by atoms with Gasteiger partial charge in [-0.2, -0.15) is 10.3 Å². The van der Waals surface area contributed by atoms with E-state index in [1.807, 2.05) is 46.8 Å². The third kappa shape index (κ3) is 4.83. The number of ether oxygens (including phenoxy) is 1. The molecule has 0 bridgehead atoms. The SMILES string of the molecule is Cc1ccc(C(=O)N=c2c(C#N)cc3c(=O)n4cccc(C)c4nc3n2CCCOC(C)C)cc1C. The van der Waals surface area contributed by atoms with Crippen molar-refractivity contribution in [1.82, 2.24) is 14.0 Å². The number of aromatic nitrogens is 3. The Kier molecular flexibility index (Phi) is 7.13. The molecule has 8 heteroatoms. The summed E-state index contributed by atoms with van der Waals surface area (Å²) in [5, 5.41) is 10.3. The molecular weight excluding hydrogens is 454 g/mol. The molecule has 0 aliphatic rings. The van der Waals surface area contributed by atoms with Crippen LogP contribution < -0.4 is 11.0 Å². The Hall–Kier alpha value is -4.09. The standard InChI is InChI=1S/C28H29N5O3/c1-17(2)36-13-7-12-32-25(31-27(34)21-10-9-18(3)20(5)14-21)22(16-29)15-23-26(32)30-24-19(4)8-6-11-33(24)28(23)35/h6,8-11,14-15,17H,7,12-13H2,1-5H3. The average molecular weight is 484 g/mol. The summed E-state index contributed by atoms with van der Waals surface area (Å²) in [5.74, 6) is -0.463. The Balaban J connectivity index is 2.00. The highest BCUT2D eigenvalue weighted by Crippen LogP contribution is 2.14. The first-order valence-electron chi connectivity index (χ1n) is 11.9. The number of rotatable bonds is 6. The lowest BCUT2D eigenvalue weighted by molar-refractivity contribution is 0.0748. The second kappa shape index (κ2) is 10.3. The summed E-state index contributed by atoms with van der Waals surface area (Å²) in [6.07, 6.45) is 2.31. The molecule has 0 saturated carbocycles. The number of benzene rings is 1. The third-order valence-corrected chi connectivity index (χ3v) is 6.16. The number of hydrogen-bond acceptors (Lipinski definition) is 5. The maximum absolute atomic E-state index is 13.4. The van der Waals surface area contributed by atoms with Crippen molar-refractivity contribution in [2.45, 2.75) is 53.7 Å². The van der Waals surface area contributed by atoms with E-state index in [-0.39, 0.29) is 28.1 Å². The smallest absolute Gasteiger partial charge is 0.279 e. The summed E-state index contributed by atoms with van der Waals surface area (Å²) in [5.41, 5.74) is 4.24. The quantitative estimate of drug-likeness (QED) is 0.305. The Bertz CT molecular complexity index is 1650. The topological polar surface area (TPSA) is 102 Å². The number of carbonyl (C=O) groups is 1. The zero-order chi connectivity index (χ0) is 26.0. The Morgan fingerprint density at radius 2 is 1.89 bits per heavy atom. The molecule has 0 N–H and O–H groups in total. The first-order valence-corrected chi connectivity index (χ1v) is 11.9. The van der Waals surface area contributed by atoms with Crippen molar-refractivity contribution in [3.05, 3.63) is 86.3 Å². The van der Waals surface area contributed by atoms with Gasteiger partial charge in [-0.05, 0) is 82.0 Å². The first-order chi connectivity index (χ1) is 17.2. The van der Waals surface area contributed by atoms with Gasteiger partial charge in [-0.3, -0.25) is 14.0 Å². The highest BCUT2D eigenvalue weighted by molar-refractivity contribution is 5.95. The van der Waals surface area contributed by atoms with Gasteiger partial charge in [0.05, 0.1) is 17.1 Å². The molecule has 184 valence electrons. The lowest BCUT2D eigenvalue weighted by Crippen LogP contribution is -2.30. The number of carbonyl (C=O) groups excluding carboxylic acids is 1. The van der Waals surface area contributed by atoms with Gasteiger partial charge in [-0.15, -0.1) is 0 Å². The normalized spacial score (nSPS) is 12.0. The van der Waals surface area contributed by atoms with E-state index in [1.54, 1.807) is 29.0 Å². The summed E-state index contributed by atoms with van der Waals surface area (Å²) in [4.78, 5) is 35.7. The largest absolute Gasteiger partial charge is 0.379 e. The molecule has 0 spiro atoms. The van der Waals surface area contributed by atoms with Gasteiger partial charge < -0.3 is 9.30 Å². The van der Waals surface area contributed by atoms with Crippen molar-refractivity contribution in [1.29, 1.82) is 5.26 Å². The Morgan fingerprint density at radius 3 is 2.58 bits per heavy atom. The van der Waals surface area contributed by atoms with Crippen LogP contribution in [-0.2, 0) is 11.3 Å². The molecule has 8 nitrogen and oxygen atoms in total. The van der Waals surface area contributed by atoms with Crippen molar-refractivity contribution in [2.24, 2.45) is 4.99 Å². The Labute approximate surface area is 209 Å². The molecule has 4 rings (SSSR count). The van der Waals surface area contributed by atoms with Crippen molar-refractivity contribution in [3.8, 4) is 6.07 Å². The van der Waals surface area contributed by atoms with Crippen LogP contribution in [0, 0.1) is 32.1 Å². The Morgan fingerprint density at radius 1 is 1.11 bits per heavy atom. The molecule has 0 fully saturated rings. The molecule has 4 aromatic rings. The number of nitrogens with zero attached hydrogens (tertiary/aromatic N) is 5. The van der Waals surface area contributed by atoms with Gasteiger partial charge in [-0.1, -0.05) is 12.1 Å². The minimum atomic E-state index is -0.463. The van der Waals surface area contributed by atoms with E-state index in [0.717, 1.165) is 16.7 Å². The lowest BCUT2D eigenvalue weighted by Gasteiger charge is -2.15. The van der Waals surface area contributed by atoms with Crippen LogP contribution in [0.4, 0.5) is 0 Å². The molecule has 0 aliphatic carbocycles. The molecule has 1 amide bonds. The first kappa shape index (κ1) is 25.0. The summed E-state index contributed by atoms with van der Waals surface area (Å²) in [7, 11) is 0. The van der Waals surface area contributed by atoms with Gasteiger partial charge in [0.15, 0.2) is 5.49 Å². The number of nitriles is 1. The van der Waals surface area contributed by atoms with Crippen molar-refractivity contribution < 1.29 is 9.53 Å². The minimum absolute atomic E-state index is 0.0714. The molecule has 0 aliphatic heterocycles. The third-order valence-electron chi connectivity index (χ3n) is 6.16. The molecule has 3 heterocycles. The highest BCUT2D eigenvalue weighted by Gasteiger charge is 2.16. The van der Waals surface area contributed by atoms with Crippen LogP contribution in [0.1, 0.15) is 52.9 Å². The predicted molar refractivity (Wildman–Crippen MR) is 138 cm³/mol. The van der Waals surface area contributed by atoms with Crippen LogP contribution in [0.3, 0.4) is 0 Å². The maximum Gasteiger partial charge on any atom is 0.279 e. The van der Waals surface area contributed by atoms with Gasteiger partial charge in [0.2, 0.25) is 0 Å². The fourth-order valence-electron chi connectivity index (χ4n) is 4.08. The van der Waals surface area contributed by atoms with Gasteiger partial charge in [-0.25, -0.2) is 4.98 Å². The number of hydrogen-bond donors (Lipinski definition) is 0. The molecular formula is C28H29N5O3. The van der Waals surface area contributed by atoms with E-state index in [1.165, 1.54) is 10.5 Å². The van der Waals surface area contributed by atoms with Crippen LogP contribution >= 0.6 is 0 Å². The van der Waals surface area contributed by atoms with E-state index in [9.17, 15) is 14.9 Å². The zero-order valence-corrected chi connectivity index (χ0v) is 21.2. The lowest BCUT2D eigenvalue weighted by atomic mass is 10.1. The van der Waals surface area contributed by atoms with Gasteiger partial charge >= 0.3 is 0 Å². The van der Waals surface area contributed by atoms with E-state index in [4.69, 9.17) is 9.72 Å². The van der Waals surface area contributed by atoms with E-state index < -0.39 is 5.91 Å². The van der Waals surface area contributed by atoms with Gasteiger partial charge in [0, 0.05) is 24.9 Å². The van der Waals surface area contributed by atoms with Crippen LogP contribution in [-0.4, -0.2) is 32.6 Å². The summed E-state index contributed by atoms with van der Waals surface area (Å²) in [6, 6.07) is 12.7. The fraction of sp³-hybridized carbons (Fsp3) is 0.321. The molecule has 1 aromatic carbocycles. The number of aryl methyl sites for hydroxylation is 4. The number of amides is 1. The molecule has 0 radical (unpaired) electrons. The highest BCUT2D eigenvalue weighted by atomic mass is 16.5. The second-order valence-corrected chi connectivity index (χ2v) is 9.17. The van der Waals surface area contributed by atoms with Crippen molar-refractivity contribution >= 4 is 22.6 Å². The van der Waals surface area contributed by atoms with Crippen LogP contribution in [0.15, 0.2) is 52.4 Å². The average Bonchev–Trinajstić information content (AvgIpc) is 2.84. The van der Waals surface area contributed by atoms with Crippen LogP contribution in [0.2, 0.25) is 0 Å². The maximum atomic E-state index is 13.4. The molecule has 0 atom stereocenters. The summed E-state index contributed by atoms with van der Waals surface area (Å²) in [6.45, 7) is 10.5. The summed E-state index contributed by atoms with van der Waals surface area (Å²) < 4.78 is 8.87. The molecule has 3 aromatic heterocycles. The number of fused-ring (bicyclic) bond motifs is 2. The van der Waals surface area contributed by atoms with Crippen molar-refractivity contribution in [3.63, 3.8) is 0 Å². The summed E-state index contributed by atoms with van der Waals surface area (Å²) >= 11 is 0. The van der Waals surface area contributed by atoms with Crippen LogP contribution in [0.5, 0.6) is 0 Å². The fourth-order valence-corrected chi connectivity index (χ4v) is 4.08. The predicted octanol–water partition coefficient (Wildman–Crippen LogP) is 4.00. The van der Waals surface area contributed by atoms with Crippen molar-refractivity contribution in [2.75, 3.05) is 6.61 Å². The molecule has 36 heavy (non-hydrogen) atoms. The monoisotopic (exact) mass is 483 g/mol. The number of pyridine rings is 2. The van der Waals surface area contributed by atoms with Gasteiger partial charge in [0.25, 0.3) is 11.5 Å².